The van der Waals surface area contributed by atoms with Crippen LogP contribution in [0.2, 0.25) is 0 Å². The van der Waals surface area contributed by atoms with Crippen LogP contribution in [0.1, 0.15) is 12.8 Å². The summed E-state index contributed by atoms with van der Waals surface area (Å²) < 4.78 is 11.1. The third kappa shape index (κ3) is 1.34. The van der Waals surface area contributed by atoms with Crippen LogP contribution in [0.3, 0.4) is 0 Å². The quantitative estimate of drug-likeness (QED) is 0.759. The molecule has 1 atom stereocenters. The number of carbonyl (C=O) groups is 1. The van der Waals surface area contributed by atoms with Crippen molar-refractivity contribution in [1.82, 2.24) is 4.90 Å². The first-order chi connectivity index (χ1) is 8.77. The van der Waals surface area contributed by atoms with Crippen LogP contribution in [-0.4, -0.2) is 42.8 Å². The molecular formula is C13H16N2O3. The number of hydrogen-bond donors (Lipinski definition) is 0. The summed E-state index contributed by atoms with van der Waals surface area (Å²) in [5.41, 5.74) is -0.305. The Morgan fingerprint density at radius 3 is 2.72 bits per heavy atom. The number of anilines is 1. The van der Waals surface area contributed by atoms with Crippen LogP contribution in [0.25, 0.3) is 0 Å². The molecule has 1 amide bonds. The summed E-state index contributed by atoms with van der Waals surface area (Å²) >= 11 is 0. The molecule has 1 aromatic heterocycles. The third-order valence-corrected chi connectivity index (χ3v) is 4.53. The highest BCUT2D eigenvalue weighted by molar-refractivity contribution is 5.88. The number of piperidine rings is 3. The van der Waals surface area contributed by atoms with E-state index in [2.05, 4.69) is 4.90 Å². The van der Waals surface area contributed by atoms with Crippen molar-refractivity contribution < 1.29 is 13.9 Å². The maximum Gasteiger partial charge on any atom is 0.417 e. The van der Waals surface area contributed by atoms with Gasteiger partial charge in [0.25, 0.3) is 0 Å². The fraction of sp³-hybridized carbons (Fsp3) is 0.615. The summed E-state index contributed by atoms with van der Waals surface area (Å²) in [4.78, 5) is 16.1. The maximum atomic E-state index is 12.0. The van der Waals surface area contributed by atoms with Gasteiger partial charge in [-0.15, -0.1) is 0 Å². The molecule has 0 N–H and O–H groups in total. The van der Waals surface area contributed by atoms with E-state index in [-0.39, 0.29) is 11.7 Å². The Kier molecular flexibility index (Phi) is 2.03. The normalized spacial score (nSPS) is 38.4. The van der Waals surface area contributed by atoms with Gasteiger partial charge in [0.2, 0.25) is 5.88 Å². The number of furan rings is 1. The summed E-state index contributed by atoms with van der Waals surface area (Å²) in [5, 5.41) is 0. The zero-order valence-electron chi connectivity index (χ0n) is 10.2. The molecule has 5 nitrogen and oxygen atoms in total. The standard InChI is InChI=1S/C13H16N2O3/c16-12-15(11-2-1-7-17-11)9-13(18-12)8-14-5-3-10(13)4-6-14/h1-2,7,10H,3-6,8-9H2. The molecule has 0 radical (unpaired) electrons. The van der Waals surface area contributed by atoms with Crippen LogP contribution >= 0.6 is 0 Å². The lowest BCUT2D eigenvalue weighted by atomic mass is 9.75. The van der Waals surface area contributed by atoms with E-state index < -0.39 is 0 Å². The zero-order chi connectivity index (χ0) is 12.2. The SMILES string of the molecule is O=C1OC2(CN3CCC2CC3)CN1c1ccco1. The Morgan fingerprint density at radius 2 is 2.11 bits per heavy atom. The third-order valence-electron chi connectivity index (χ3n) is 4.53. The topological polar surface area (TPSA) is 45.9 Å². The first-order valence-electron chi connectivity index (χ1n) is 6.53. The second-order valence-corrected chi connectivity index (χ2v) is 5.52. The van der Waals surface area contributed by atoms with E-state index in [9.17, 15) is 4.79 Å². The molecule has 4 aliphatic heterocycles. The molecule has 0 aliphatic carbocycles. The van der Waals surface area contributed by atoms with Gasteiger partial charge in [0.15, 0.2) is 0 Å². The van der Waals surface area contributed by atoms with Crippen LogP contribution in [0.4, 0.5) is 10.7 Å². The van der Waals surface area contributed by atoms with Crippen molar-refractivity contribution >= 4 is 12.0 Å². The van der Waals surface area contributed by atoms with Gasteiger partial charge in [-0.1, -0.05) is 0 Å². The Labute approximate surface area is 105 Å². The van der Waals surface area contributed by atoms with E-state index >= 15 is 0 Å². The molecule has 5 heterocycles. The van der Waals surface area contributed by atoms with Crippen molar-refractivity contribution in [3.05, 3.63) is 18.4 Å². The Bertz CT molecular complexity index is 465. The van der Waals surface area contributed by atoms with Crippen LogP contribution in [0.5, 0.6) is 0 Å². The van der Waals surface area contributed by atoms with Crippen LogP contribution < -0.4 is 4.90 Å². The van der Waals surface area contributed by atoms with Crippen molar-refractivity contribution in [3.63, 3.8) is 0 Å². The molecule has 4 fully saturated rings. The predicted octanol–water partition coefficient (Wildman–Crippen LogP) is 1.70. The Morgan fingerprint density at radius 1 is 1.28 bits per heavy atom. The van der Waals surface area contributed by atoms with Crippen molar-refractivity contribution in [3.8, 4) is 0 Å². The molecule has 4 saturated heterocycles. The van der Waals surface area contributed by atoms with Crippen LogP contribution in [-0.2, 0) is 4.74 Å². The number of fused-ring (bicyclic) bond motifs is 2. The number of rotatable bonds is 1. The molecule has 1 aromatic rings. The van der Waals surface area contributed by atoms with E-state index in [0.717, 1.165) is 32.5 Å². The minimum Gasteiger partial charge on any atom is -0.448 e. The van der Waals surface area contributed by atoms with Gasteiger partial charge in [-0.25, -0.2) is 9.69 Å². The molecule has 5 heteroatoms. The summed E-state index contributed by atoms with van der Waals surface area (Å²) in [6, 6.07) is 3.60. The lowest BCUT2D eigenvalue weighted by molar-refractivity contribution is -0.0881. The van der Waals surface area contributed by atoms with Crippen LogP contribution in [0.15, 0.2) is 22.8 Å². The highest BCUT2D eigenvalue weighted by atomic mass is 16.6. The first kappa shape index (κ1) is 10.4. The second-order valence-electron chi connectivity index (χ2n) is 5.52. The van der Waals surface area contributed by atoms with E-state index in [1.54, 1.807) is 17.2 Å². The lowest BCUT2D eigenvalue weighted by Gasteiger charge is -2.49. The lowest BCUT2D eigenvalue weighted by Crippen LogP contribution is -2.61. The Hall–Kier alpha value is -1.49. The predicted molar refractivity (Wildman–Crippen MR) is 64.4 cm³/mol. The van der Waals surface area contributed by atoms with Gasteiger partial charge in [0.05, 0.1) is 12.8 Å². The molecule has 1 spiro atoms. The van der Waals surface area contributed by atoms with Gasteiger partial charge in [0.1, 0.15) is 5.60 Å². The molecule has 4 aliphatic rings. The van der Waals surface area contributed by atoms with Gasteiger partial charge in [-0.05, 0) is 32.0 Å². The summed E-state index contributed by atoms with van der Waals surface area (Å²) in [6.45, 7) is 3.79. The number of nitrogens with zero attached hydrogens (tertiary/aromatic N) is 2. The van der Waals surface area contributed by atoms with Crippen molar-refractivity contribution in [2.45, 2.75) is 18.4 Å². The largest absolute Gasteiger partial charge is 0.448 e. The molecule has 1 unspecified atom stereocenters. The molecular weight excluding hydrogens is 232 g/mol. The van der Waals surface area contributed by atoms with Crippen molar-refractivity contribution in [2.75, 3.05) is 31.1 Å². The summed E-state index contributed by atoms with van der Waals surface area (Å²) in [5.74, 6) is 1.10. The van der Waals surface area contributed by atoms with E-state index in [4.69, 9.17) is 9.15 Å². The van der Waals surface area contributed by atoms with E-state index in [1.807, 2.05) is 6.07 Å². The smallest absolute Gasteiger partial charge is 0.417 e. The van der Waals surface area contributed by atoms with Gasteiger partial charge in [-0.3, -0.25) is 4.90 Å². The molecule has 0 saturated carbocycles. The summed E-state index contributed by atoms with van der Waals surface area (Å²) in [6.07, 6.45) is 3.60. The summed E-state index contributed by atoms with van der Waals surface area (Å²) in [7, 11) is 0. The van der Waals surface area contributed by atoms with Gasteiger partial charge >= 0.3 is 6.09 Å². The molecule has 18 heavy (non-hydrogen) atoms. The average molecular weight is 248 g/mol. The fourth-order valence-electron chi connectivity index (χ4n) is 3.60. The first-order valence-corrected chi connectivity index (χ1v) is 6.53. The maximum absolute atomic E-state index is 12.0. The van der Waals surface area contributed by atoms with Crippen molar-refractivity contribution in [1.29, 1.82) is 0 Å². The number of hydrogen-bond acceptors (Lipinski definition) is 4. The van der Waals surface area contributed by atoms with Crippen LogP contribution in [0, 0.1) is 5.92 Å². The average Bonchev–Trinajstić information content (AvgIpc) is 2.99. The molecule has 2 bridgehead atoms. The second kappa shape index (κ2) is 3.51. The van der Waals surface area contributed by atoms with Gasteiger partial charge < -0.3 is 9.15 Å². The zero-order valence-corrected chi connectivity index (χ0v) is 10.2. The monoisotopic (exact) mass is 248 g/mol. The van der Waals surface area contributed by atoms with Gasteiger partial charge in [0, 0.05) is 18.5 Å². The van der Waals surface area contributed by atoms with Gasteiger partial charge in [-0.2, -0.15) is 0 Å². The number of amides is 1. The molecule has 0 aromatic carbocycles. The molecule has 5 rings (SSSR count). The Balaban J connectivity index is 1.64. The molecule has 96 valence electrons. The minimum atomic E-state index is -0.305. The highest BCUT2D eigenvalue weighted by Crippen LogP contribution is 2.43. The number of ether oxygens (including phenoxy) is 1. The van der Waals surface area contributed by atoms with Crippen molar-refractivity contribution in [2.24, 2.45) is 5.92 Å². The van der Waals surface area contributed by atoms with E-state index in [0.29, 0.717) is 18.3 Å². The number of carbonyl (C=O) groups excluding carboxylic acids is 1. The minimum absolute atomic E-state index is 0.265. The fourth-order valence-corrected chi connectivity index (χ4v) is 3.60. The highest BCUT2D eigenvalue weighted by Gasteiger charge is 2.56. The van der Waals surface area contributed by atoms with E-state index in [1.165, 1.54) is 0 Å².